The van der Waals surface area contributed by atoms with Crippen molar-refractivity contribution in [3.63, 3.8) is 0 Å². The first-order valence-electron chi connectivity index (χ1n) is 4.80. The van der Waals surface area contributed by atoms with E-state index in [2.05, 4.69) is 6.92 Å². The Kier molecular flexibility index (Phi) is 3.78. The Morgan fingerprint density at radius 2 is 2.14 bits per heavy atom. The monoisotopic (exact) mass is 213 g/mol. The summed E-state index contributed by atoms with van der Waals surface area (Å²) < 4.78 is 0. The molecular formula is C11H16ClNO. The van der Waals surface area contributed by atoms with Crippen LogP contribution in [0.1, 0.15) is 36.9 Å². The normalized spacial score (nSPS) is 12.9. The zero-order valence-corrected chi connectivity index (χ0v) is 9.30. The van der Waals surface area contributed by atoms with Crippen LogP contribution in [0.15, 0.2) is 12.1 Å². The molecule has 0 saturated carbocycles. The number of aromatic hydroxyl groups is 1. The summed E-state index contributed by atoms with van der Waals surface area (Å²) in [6.07, 6.45) is 1.85. The maximum Gasteiger partial charge on any atom is 0.120 e. The zero-order chi connectivity index (χ0) is 10.7. The van der Waals surface area contributed by atoms with Crippen molar-refractivity contribution in [2.24, 2.45) is 5.73 Å². The van der Waals surface area contributed by atoms with Gasteiger partial charge < -0.3 is 10.8 Å². The van der Waals surface area contributed by atoms with E-state index >= 15 is 0 Å². The Balaban J connectivity index is 3.02. The van der Waals surface area contributed by atoms with Gasteiger partial charge in [-0.1, -0.05) is 24.9 Å². The second-order valence-electron chi connectivity index (χ2n) is 3.56. The summed E-state index contributed by atoms with van der Waals surface area (Å²) in [5.41, 5.74) is 7.52. The molecule has 0 fully saturated rings. The summed E-state index contributed by atoms with van der Waals surface area (Å²) in [6.45, 7) is 3.92. The minimum atomic E-state index is -0.127. The smallest absolute Gasteiger partial charge is 0.120 e. The summed E-state index contributed by atoms with van der Waals surface area (Å²) in [5.74, 6) is 0.243. The van der Waals surface area contributed by atoms with Crippen LogP contribution in [-0.2, 0) is 0 Å². The molecule has 2 nitrogen and oxygen atoms in total. The van der Waals surface area contributed by atoms with Crippen molar-refractivity contribution in [2.75, 3.05) is 0 Å². The van der Waals surface area contributed by atoms with Gasteiger partial charge in [0, 0.05) is 16.6 Å². The minimum Gasteiger partial charge on any atom is -0.508 e. The van der Waals surface area contributed by atoms with Crippen molar-refractivity contribution >= 4 is 11.6 Å². The third kappa shape index (κ3) is 2.40. The molecule has 0 radical (unpaired) electrons. The highest BCUT2D eigenvalue weighted by Crippen LogP contribution is 2.30. The summed E-state index contributed by atoms with van der Waals surface area (Å²) >= 11 is 5.96. The molecule has 0 aliphatic heterocycles. The molecule has 1 atom stereocenters. The molecule has 0 amide bonds. The molecule has 0 heterocycles. The number of halogens is 1. The number of rotatable bonds is 3. The van der Waals surface area contributed by atoms with E-state index in [9.17, 15) is 5.11 Å². The predicted molar refractivity (Wildman–Crippen MR) is 59.7 cm³/mol. The van der Waals surface area contributed by atoms with Crippen molar-refractivity contribution in [1.29, 1.82) is 0 Å². The van der Waals surface area contributed by atoms with Crippen LogP contribution in [-0.4, -0.2) is 5.11 Å². The van der Waals surface area contributed by atoms with Crippen molar-refractivity contribution < 1.29 is 5.11 Å². The fraction of sp³-hybridized carbons (Fsp3) is 0.455. The van der Waals surface area contributed by atoms with E-state index in [4.69, 9.17) is 17.3 Å². The zero-order valence-electron chi connectivity index (χ0n) is 8.55. The molecule has 0 spiro atoms. The molecule has 0 aliphatic carbocycles. The number of phenols is 1. The van der Waals surface area contributed by atoms with Crippen molar-refractivity contribution in [3.05, 3.63) is 28.3 Å². The maximum absolute atomic E-state index is 9.67. The van der Waals surface area contributed by atoms with Crippen LogP contribution >= 0.6 is 11.6 Å². The standard InChI is InChI=1S/C11H16ClNO/c1-3-4-10(13)8-6-9(12)7(2)5-11(8)14/h5-6,10,14H,3-4,13H2,1-2H3/t10-/m1/s1. The van der Waals surface area contributed by atoms with Gasteiger partial charge in [0.25, 0.3) is 0 Å². The first-order chi connectivity index (χ1) is 6.56. The lowest BCUT2D eigenvalue weighted by molar-refractivity contribution is 0.457. The Morgan fingerprint density at radius 3 is 2.71 bits per heavy atom. The molecule has 3 heteroatoms. The molecule has 0 aliphatic rings. The summed E-state index contributed by atoms with van der Waals surface area (Å²) in [6, 6.07) is 3.29. The molecule has 0 unspecified atom stereocenters. The Labute approximate surface area is 89.7 Å². The van der Waals surface area contributed by atoms with Gasteiger partial charge in [-0.15, -0.1) is 0 Å². The number of hydrogen-bond donors (Lipinski definition) is 2. The first kappa shape index (κ1) is 11.3. The summed E-state index contributed by atoms with van der Waals surface area (Å²) in [4.78, 5) is 0. The molecule has 0 saturated heterocycles. The van der Waals surface area contributed by atoms with Crippen molar-refractivity contribution in [3.8, 4) is 5.75 Å². The topological polar surface area (TPSA) is 46.2 Å². The van der Waals surface area contributed by atoms with Gasteiger partial charge in [0.05, 0.1) is 0 Å². The first-order valence-corrected chi connectivity index (χ1v) is 5.18. The van der Waals surface area contributed by atoms with Crippen molar-refractivity contribution in [1.82, 2.24) is 0 Å². The molecule has 1 aromatic rings. The number of benzene rings is 1. The summed E-state index contributed by atoms with van der Waals surface area (Å²) in [7, 11) is 0. The van der Waals surface area contributed by atoms with E-state index in [0.29, 0.717) is 5.02 Å². The predicted octanol–water partition coefficient (Wildman–Crippen LogP) is 3.15. The summed E-state index contributed by atoms with van der Waals surface area (Å²) in [5, 5.41) is 10.3. The quantitative estimate of drug-likeness (QED) is 0.810. The van der Waals surface area contributed by atoms with E-state index in [1.54, 1.807) is 12.1 Å². The number of nitrogens with two attached hydrogens (primary N) is 1. The highest BCUT2D eigenvalue weighted by Gasteiger charge is 2.11. The molecule has 14 heavy (non-hydrogen) atoms. The van der Waals surface area contributed by atoms with E-state index < -0.39 is 0 Å². The largest absolute Gasteiger partial charge is 0.508 e. The van der Waals surface area contributed by atoms with Crippen LogP contribution < -0.4 is 5.73 Å². The van der Waals surface area contributed by atoms with Gasteiger partial charge in [-0.25, -0.2) is 0 Å². The highest BCUT2D eigenvalue weighted by atomic mass is 35.5. The molecule has 1 rings (SSSR count). The highest BCUT2D eigenvalue weighted by molar-refractivity contribution is 6.31. The Hall–Kier alpha value is -0.730. The maximum atomic E-state index is 9.67. The second-order valence-corrected chi connectivity index (χ2v) is 3.96. The van der Waals surface area contributed by atoms with Crippen LogP contribution in [0.3, 0.4) is 0 Å². The lowest BCUT2D eigenvalue weighted by Gasteiger charge is -2.13. The van der Waals surface area contributed by atoms with Crippen molar-refractivity contribution in [2.45, 2.75) is 32.7 Å². The third-order valence-electron chi connectivity index (χ3n) is 2.31. The van der Waals surface area contributed by atoms with E-state index in [1.165, 1.54) is 0 Å². The second kappa shape index (κ2) is 4.67. The fourth-order valence-corrected chi connectivity index (χ4v) is 1.62. The van der Waals surface area contributed by atoms with Gasteiger partial charge in [-0.2, -0.15) is 0 Å². The van der Waals surface area contributed by atoms with Gasteiger partial charge in [0.1, 0.15) is 5.75 Å². The Morgan fingerprint density at radius 1 is 1.50 bits per heavy atom. The molecule has 1 aromatic carbocycles. The lowest BCUT2D eigenvalue weighted by atomic mass is 10.0. The molecular weight excluding hydrogens is 198 g/mol. The van der Waals surface area contributed by atoms with Gasteiger partial charge >= 0.3 is 0 Å². The van der Waals surface area contributed by atoms with Gasteiger partial charge in [-0.3, -0.25) is 0 Å². The SMILES string of the molecule is CCC[C@@H](N)c1cc(Cl)c(C)cc1O. The average molecular weight is 214 g/mol. The molecule has 0 aromatic heterocycles. The van der Waals surface area contributed by atoms with Crippen LogP contribution in [0.5, 0.6) is 5.75 Å². The Bertz CT molecular complexity index is 325. The van der Waals surface area contributed by atoms with Gasteiger partial charge in [0.2, 0.25) is 0 Å². The van der Waals surface area contributed by atoms with Crippen LogP contribution in [0.25, 0.3) is 0 Å². The van der Waals surface area contributed by atoms with E-state index in [-0.39, 0.29) is 11.8 Å². The average Bonchev–Trinajstić information content (AvgIpc) is 2.11. The molecule has 3 N–H and O–H groups in total. The van der Waals surface area contributed by atoms with Crippen LogP contribution in [0.4, 0.5) is 0 Å². The number of phenolic OH excluding ortho intramolecular Hbond substituents is 1. The van der Waals surface area contributed by atoms with E-state index in [0.717, 1.165) is 24.0 Å². The minimum absolute atomic E-state index is 0.127. The lowest BCUT2D eigenvalue weighted by Crippen LogP contribution is -2.10. The van der Waals surface area contributed by atoms with Crippen LogP contribution in [0.2, 0.25) is 5.02 Å². The molecule has 0 bridgehead atoms. The number of aryl methyl sites for hydroxylation is 1. The van der Waals surface area contributed by atoms with Gasteiger partial charge in [-0.05, 0) is 31.0 Å². The number of hydrogen-bond acceptors (Lipinski definition) is 2. The molecule has 78 valence electrons. The fourth-order valence-electron chi connectivity index (χ4n) is 1.45. The van der Waals surface area contributed by atoms with E-state index in [1.807, 2.05) is 6.92 Å². The third-order valence-corrected chi connectivity index (χ3v) is 2.71. The van der Waals surface area contributed by atoms with Crippen LogP contribution in [0, 0.1) is 6.92 Å². The van der Waals surface area contributed by atoms with Gasteiger partial charge in [0.15, 0.2) is 0 Å².